The summed E-state index contributed by atoms with van der Waals surface area (Å²) in [6, 6.07) is 6.57. The summed E-state index contributed by atoms with van der Waals surface area (Å²) < 4.78 is 46.3. The van der Waals surface area contributed by atoms with Crippen LogP contribution < -0.4 is 5.32 Å². The number of halogens is 3. The maximum absolute atomic E-state index is 12.5. The van der Waals surface area contributed by atoms with Crippen LogP contribution in [0.4, 0.5) is 18.9 Å². The number of ether oxygens (including phenoxy) is 2. The maximum Gasteiger partial charge on any atom is 0.449 e. The van der Waals surface area contributed by atoms with E-state index in [2.05, 4.69) is 5.32 Å². The zero-order chi connectivity index (χ0) is 30.2. The Morgan fingerprint density at radius 1 is 0.775 bits per heavy atom. The normalized spacial score (nSPS) is 12.5. The Labute approximate surface area is 235 Å². The average molecular weight is 572 g/mol. The van der Waals surface area contributed by atoms with E-state index in [4.69, 9.17) is 9.47 Å². The van der Waals surface area contributed by atoms with E-state index in [1.807, 2.05) is 0 Å². The molecular weight excluding hydrogens is 527 g/mol. The first kappa shape index (κ1) is 35.1. The molecular formula is C30H44F3NO6. The number of hydrogen-bond acceptors (Lipinski definition) is 7. The average Bonchev–Trinajstić information content (AvgIpc) is 2.85. The van der Waals surface area contributed by atoms with E-state index < -0.39 is 47.6 Å². The molecule has 1 aromatic rings. The van der Waals surface area contributed by atoms with Gasteiger partial charge in [-0.15, -0.1) is 0 Å². The van der Waals surface area contributed by atoms with Crippen LogP contribution in [0.25, 0.3) is 0 Å². The third-order valence-corrected chi connectivity index (χ3v) is 6.41. The van der Waals surface area contributed by atoms with Crippen molar-refractivity contribution in [2.24, 2.45) is 11.3 Å². The lowest BCUT2D eigenvalue weighted by Gasteiger charge is -2.26. The lowest BCUT2D eigenvalue weighted by Crippen LogP contribution is -2.39. The van der Waals surface area contributed by atoms with Gasteiger partial charge in [-0.1, -0.05) is 72.1 Å². The summed E-state index contributed by atoms with van der Waals surface area (Å²) in [5, 5.41) is 3.29. The second-order valence-electron chi connectivity index (χ2n) is 11.0. The van der Waals surface area contributed by atoms with Gasteiger partial charge in [-0.2, -0.15) is 13.2 Å². The fraction of sp³-hybridized carbons (Fsp3) is 0.667. The molecule has 0 heterocycles. The van der Waals surface area contributed by atoms with Crippen molar-refractivity contribution < 1.29 is 41.8 Å². The van der Waals surface area contributed by atoms with Crippen LogP contribution in [-0.4, -0.2) is 43.0 Å². The molecule has 0 amide bonds. The fourth-order valence-corrected chi connectivity index (χ4v) is 4.16. The molecule has 0 aromatic heterocycles. The number of unbranched alkanes of at least 4 members (excludes halogenated alkanes) is 9. The number of nitrogens with one attached hydrogen (secondary N) is 1. The SMILES string of the molecule is CCOC(=O)C(C(=O)OC(=O)c1ccc(NCCCCCCCCCCCCC(=O)C(F)(F)F)cc1)C(C)(C)C. The largest absolute Gasteiger partial charge is 0.465 e. The van der Waals surface area contributed by atoms with Crippen LogP contribution in [0.2, 0.25) is 0 Å². The standard InChI is InChI=1S/C30H44F3NO6/c1-5-39-27(37)25(29(2,3)4)28(38)40-26(36)22-17-19-23(20-18-22)34-21-15-13-11-9-7-6-8-10-12-14-16-24(35)30(31,32)33/h17-20,25,34H,5-16,21H2,1-4H3. The predicted molar refractivity (Wildman–Crippen MR) is 147 cm³/mol. The number of alkyl halides is 3. The van der Waals surface area contributed by atoms with Crippen molar-refractivity contribution in [1.29, 1.82) is 0 Å². The number of anilines is 1. The van der Waals surface area contributed by atoms with Gasteiger partial charge in [0, 0.05) is 18.7 Å². The molecule has 1 N–H and O–H groups in total. The highest BCUT2D eigenvalue weighted by Gasteiger charge is 2.41. The smallest absolute Gasteiger partial charge is 0.449 e. The Hall–Kier alpha value is -2.91. The molecule has 7 nitrogen and oxygen atoms in total. The molecule has 0 aliphatic carbocycles. The number of rotatable bonds is 18. The van der Waals surface area contributed by atoms with Crippen LogP contribution in [0.3, 0.4) is 0 Å². The van der Waals surface area contributed by atoms with Crippen molar-refractivity contribution in [3.05, 3.63) is 29.8 Å². The first-order chi connectivity index (χ1) is 18.8. The van der Waals surface area contributed by atoms with Gasteiger partial charge in [0.25, 0.3) is 0 Å². The van der Waals surface area contributed by atoms with Gasteiger partial charge < -0.3 is 14.8 Å². The maximum atomic E-state index is 12.5. The second-order valence-corrected chi connectivity index (χ2v) is 11.0. The fourth-order valence-electron chi connectivity index (χ4n) is 4.16. The van der Waals surface area contributed by atoms with E-state index >= 15 is 0 Å². The van der Waals surface area contributed by atoms with Crippen molar-refractivity contribution in [3.8, 4) is 0 Å². The molecule has 10 heteroatoms. The van der Waals surface area contributed by atoms with E-state index in [1.54, 1.807) is 52.0 Å². The minimum absolute atomic E-state index is 0.119. The number of carbonyl (C=O) groups excluding carboxylic acids is 4. The molecule has 1 unspecified atom stereocenters. The van der Waals surface area contributed by atoms with Crippen LogP contribution in [0.1, 0.15) is 109 Å². The number of ketones is 1. The van der Waals surface area contributed by atoms with E-state index in [9.17, 15) is 32.3 Å². The van der Waals surface area contributed by atoms with Gasteiger partial charge in [-0.25, -0.2) is 4.79 Å². The first-order valence-electron chi connectivity index (χ1n) is 14.1. The number of hydrogen-bond donors (Lipinski definition) is 1. The Bertz CT molecular complexity index is 938. The molecule has 0 spiro atoms. The lowest BCUT2D eigenvalue weighted by atomic mass is 9.81. The first-order valence-corrected chi connectivity index (χ1v) is 14.1. The summed E-state index contributed by atoms with van der Waals surface area (Å²) in [5.41, 5.74) is 0.259. The molecule has 1 rings (SSSR count). The highest BCUT2D eigenvalue weighted by Crippen LogP contribution is 2.29. The summed E-state index contributed by atoms with van der Waals surface area (Å²) >= 11 is 0. The van der Waals surface area contributed by atoms with Gasteiger partial charge in [0.15, 0.2) is 5.92 Å². The van der Waals surface area contributed by atoms with Gasteiger partial charge in [0.2, 0.25) is 5.78 Å². The molecule has 1 aromatic carbocycles. The monoisotopic (exact) mass is 571 g/mol. The number of Topliss-reactive ketones (excluding diaryl/α,β-unsaturated/α-hetero) is 1. The number of carbonyl (C=O) groups is 4. The quantitative estimate of drug-likeness (QED) is 0.111. The minimum Gasteiger partial charge on any atom is -0.465 e. The summed E-state index contributed by atoms with van der Waals surface area (Å²) in [6.45, 7) is 7.63. The van der Waals surface area contributed by atoms with Crippen molar-refractivity contribution >= 4 is 29.4 Å². The number of benzene rings is 1. The Kier molecular flexibility index (Phi) is 15.5. The van der Waals surface area contributed by atoms with Crippen LogP contribution in [-0.2, 0) is 23.9 Å². The molecule has 0 saturated carbocycles. The second kappa shape index (κ2) is 17.7. The highest BCUT2D eigenvalue weighted by atomic mass is 19.4. The topological polar surface area (TPSA) is 98.8 Å². The third-order valence-electron chi connectivity index (χ3n) is 6.41. The third kappa shape index (κ3) is 13.9. The van der Waals surface area contributed by atoms with Crippen LogP contribution >= 0.6 is 0 Å². The molecule has 0 radical (unpaired) electrons. The van der Waals surface area contributed by atoms with E-state index in [0.29, 0.717) is 12.8 Å². The van der Waals surface area contributed by atoms with Gasteiger partial charge in [-0.05, 0) is 49.4 Å². The zero-order valence-corrected chi connectivity index (χ0v) is 24.2. The van der Waals surface area contributed by atoms with Crippen LogP contribution in [0.5, 0.6) is 0 Å². The van der Waals surface area contributed by atoms with Gasteiger partial charge >= 0.3 is 24.1 Å². The minimum atomic E-state index is -4.70. The number of esters is 3. The van der Waals surface area contributed by atoms with Crippen molar-refractivity contribution in [2.45, 2.75) is 105 Å². The molecule has 0 saturated heterocycles. The van der Waals surface area contributed by atoms with Crippen LogP contribution in [0.15, 0.2) is 24.3 Å². The van der Waals surface area contributed by atoms with E-state index in [-0.39, 0.29) is 12.2 Å². The summed E-state index contributed by atoms with van der Waals surface area (Å²) in [5.74, 6) is -5.32. The van der Waals surface area contributed by atoms with Gasteiger partial charge in [0.1, 0.15) is 0 Å². The van der Waals surface area contributed by atoms with E-state index in [1.165, 1.54) is 0 Å². The molecule has 0 aliphatic heterocycles. The molecule has 0 fully saturated rings. The lowest BCUT2D eigenvalue weighted by molar-refractivity contribution is -0.171. The van der Waals surface area contributed by atoms with Crippen molar-refractivity contribution in [1.82, 2.24) is 0 Å². The van der Waals surface area contributed by atoms with Crippen molar-refractivity contribution in [3.63, 3.8) is 0 Å². The van der Waals surface area contributed by atoms with E-state index in [0.717, 1.165) is 63.6 Å². The molecule has 226 valence electrons. The van der Waals surface area contributed by atoms with Gasteiger partial charge in [0.05, 0.1) is 12.2 Å². The summed E-state index contributed by atoms with van der Waals surface area (Å²) in [7, 11) is 0. The molecule has 0 aliphatic rings. The highest BCUT2D eigenvalue weighted by molar-refractivity contribution is 6.03. The Balaban J connectivity index is 2.21. The van der Waals surface area contributed by atoms with Crippen molar-refractivity contribution in [2.75, 3.05) is 18.5 Å². The summed E-state index contributed by atoms with van der Waals surface area (Å²) in [4.78, 5) is 48.0. The molecule has 1 atom stereocenters. The Morgan fingerprint density at radius 2 is 1.27 bits per heavy atom. The molecule has 0 bridgehead atoms. The van der Waals surface area contributed by atoms with Crippen LogP contribution in [0, 0.1) is 11.3 Å². The summed E-state index contributed by atoms with van der Waals surface area (Å²) in [6.07, 6.45) is 4.05. The Morgan fingerprint density at radius 3 is 1.75 bits per heavy atom. The predicted octanol–water partition coefficient (Wildman–Crippen LogP) is 7.43. The zero-order valence-electron chi connectivity index (χ0n) is 24.2. The van der Waals surface area contributed by atoms with Gasteiger partial charge in [-0.3, -0.25) is 14.4 Å². The molecule has 40 heavy (non-hydrogen) atoms.